The monoisotopic (exact) mass is 243 g/mol. The summed E-state index contributed by atoms with van der Waals surface area (Å²) in [5.74, 6) is -1.34. The summed E-state index contributed by atoms with van der Waals surface area (Å²) >= 11 is 0. The summed E-state index contributed by atoms with van der Waals surface area (Å²) in [6.45, 7) is 0. The molecule has 2 heterocycles. The van der Waals surface area contributed by atoms with E-state index in [-0.39, 0.29) is 0 Å². The summed E-state index contributed by atoms with van der Waals surface area (Å²) in [6, 6.07) is 0. The van der Waals surface area contributed by atoms with Crippen LogP contribution in [0.3, 0.4) is 0 Å². The predicted octanol–water partition coefficient (Wildman–Crippen LogP) is 0.105. The number of aliphatic hydroxyl groups excluding tert-OH is 1. The van der Waals surface area contributed by atoms with Gasteiger partial charge in [0.15, 0.2) is 18.0 Å². The van der Waals surface area contributed by atoms with Crippen molar-refractivity contribution >= 4 is 5.97 Å². The summed E-state index contributed by atoms with van der Waals surface area (Å²) in [4.78, 5) is 11.5. The van der Waals surface area contributed by atoms with E-state index in [9.17, 15) is 9.90 Å². The lowest BCUT2D eigenvalue weighted by atomic mass is 9.94. The first kappa shape index (κ1) is 11.4. The average Bonchev–Trinajstić information content (AvgIpc) is 2.78. The van der Waals surface area contributed by atoms with E-state index in [4.69, 9.17) is 19.3 Å². The zero-order chi connectivity index (χ0) is 12.0. The van der Waals surface area contributed by atoms with Crippen LogP contribution in [0, 0.1) is 0 Å². The van der Waals surface area contributed by atoms with Crippen molar-refractivity contribution in [2.24, 2.45) is 0 Å². The minimum atomic E-state index is -1.98. The topological polar surface area (TPSA) is 84.9 Å². The molecule has 3 fully saturated rings. The molecule has 0 aromatic heterocycles. The van der Waals surface area contributed by atoms with Crippen LogP contribution in [0.5, 0.6) is 0 Å². The molecular formula is C11H15O6. The van der Waals surface area contributed by atoms with Gasteiger partial charge in [0, 0.05) is 12.8 Å². The number of hydrogen-bond donors (Lipinski definition) is 1. The first-order chi connectivity index (χ1) is 8.11. The van der Waals surface area contributed by atoms with Gasteiger partial charge in [0.2, 0.25) is 6.29 Å². The van der Waals surface area contributed by atoms with Crippen LogP contribution in [0.2, 0.25) is 0 Å². The Morgan fingerprint density at radius 2 is 1.94 bits per heavy atom. The third-order valence-electron chi connectivity index (χ3n) is 3.70. The van der Waals surface area contributed by atoms with Gasteiger partial charge in [-0.25, -0.2) is 4.79 Å². The minimum absolute atomic E-state index is 0.600. The largest absolute Gasteiger partial charge is 0.452 e. The first-order valence-electron chi connectivity index (χ1n) is 6.01. The molecule has 1 saturated carbocycles. The second kappa shape index (κ2) is 3.91. The Hall–Kier alpha value is -0.690. The summed E-state index contributed by atoms with van der Waals surface area (Å²) in [6.07, 6.45) is -0.163. The molecule has 0 bridgehead atoms. The van der Waals surface area contributed by atoms with Gasteiger partial charge in [0.1, 0.15) is 6.10 Å². The van der Waals surface area contributed by atoms with Gasteiger partial charge in [-0.15, -0.1) is 0 Å². The van der Waals surface area contributed by atoms with Crippen molar-refractivity contribution in [1.82, 2.24) is 0 Å². The third kappa shape index (κ3) is 1.76. The van der Waals surface area contributed by atoms with Gasteiger partial charge in [-0.2, -0.15) is 5.11 Å². The molecule has 2 aliphatic heterocycles. The third-order valence-corrected chi connectivity index (χ3v) is 3.70. The molecule has 0 aromatic rings. The van der Waals surface area contributed by atoms with Gasteiger partial charge in [0.25, 0.3) is 0 Å². The van der Waals surface area contributed by atoms with E-state index in [0.29, 0.717) is 0 Å². The number of aliphatic hydroxyl groups is 1. The van der Waals surface area contributed by atoms with Gasteiger partial charge in [-0.1, -0.05) is 6.42 Å². The molecule has 1 N–H and O–H groups in total. The van der Waals surface area contributed by atoms with Crippen molar-refractivity contribution in [3.63, 3.8) is 0 Å². The van der Waals surface area contributed by atoms with Crippen molar-refractivity contribution in [1.29, 1.82) is 0 Å². The highest BCUT2D eigenvalue weighted by molar-refractivity contribution is 5.78. The van der Waals surface area contributed by atoms with Crippen LogP contribution in [0.1, 0.15) is 32.1 Å². The molecule has 3 rings (SSSR count). The van der Waals surface area contributed by atoms with Crippen LogP contribution in [0.15, 0.2) is 0 Å². The molecule has 1 spiro atoms. The summed E-state index contributed by atoms with van der Waals surface area (Å²) < 4.78 is 16.2. The Labute approximate surface area is 98.5 Å². The molecule has 0 aromatic carbocycles. The zero-order valence-electron chi connectivity index (χ0n) is 9.33. The van der Waals surface area contributed by atoms with Crippen LogP contribution in [-0.2, 0) is 24.1 Å². The summed E-state index contributed by atoms with van der Waals surface area (Å²) in [5, 5.41) is 20.1. The van der Waals surface area contributed by atoms with Gasteiger partial charge < -0.3 is 19.3 Å². The molecule has 95 valence electrons. The molecular weight excluding hydrogens is 228 g/mol. The van der Waals surface area contributed by atoms with Crippen molar-refractivity contribution in [2.75, 3.05) is 0 Å². The van der Waals surface area contributed by atoms with Gasteiger partial charge >= 0.3 is 5.97 Å². The average molecular weight is 243 g/mol. The normalized spacial score (nSPS) is 39.7. The van der Waals surface area contributed by atoms with E-state index in [2.05, 4.69) is 0 Å². The SMILES string of the molecule is [O]C(O)[C@H]1OC(=O)[C@@H]2OC3(CCCCC3)O[C@H]12. The van der Waals surface area contributed by atoms with E-state index in [1.807, 2.05) is 0 Å². The summed E-state index contributed by atoms with van der Waals surface area (Å²) in [7, 11) is 0. The van der Waals surface area contributed by atoms with Crippen LogP contribution in [-0.4, -0.2) is 41.5 Å². The first-order valence-corrected chi connectivity index (χ1v) is 6.01. The van der Waals surface area contributed by atoms with E-state index < -0.39 is 36.4 Å². The fraction of sp³-hybridized carbons (Fsp3) is 0.909. The van der Waals surface area contributed by atoms with E-state index in [0.717, 1.165) is 32.1 Å². The van der Waals surface area contributed by atoms with Crippen molar-refractivity contribution in [3.05, 3.63) is 0 Å². The minimum Gasteiger partial charge on any atom is -0.452 e. The molecule has 3 aliphatic rings. The van der Waals surface area contributed by atoms with Crippen molar-refractivity contribution in [2.45, 2.75) is 62.5 Å². The number of fused-ring (bicyclic) bond motifs is 1. The zero-order valence-corrected chi connectivity index (χ0v) is 9.33. The number of carbonyl (C=O) groups is 1. The molecule has 6 heteroatoms. The second-order valence-electron chi connectivity index (χ2n) is 4.88. The molecule has 17 heavy (non-hydrogen) atoms. The Morgan fingerprint density at radius 3 is 2.59 bits per heavy atom. The molecule has 4 atom stereocenters. The van der Waals surface area contributed by atoms with Crippen LogP contribution >= 0.6 is 0 Å². The lowest BCUT2D eigenvalue weighted by Crippen LogP contribution is -2.40. The van der Waals surface area contributed by atoms with Gasteiger partial charge in [-0.3, -0.25) is 0 Å². The lowest BCUT2D eigenvalue weighted by Gasteiger charge is -2.33. The standard InChI is InChI=1S/C11H15O6/c12-9(13)7-6-8(10(14)15-7)17-11(16-6)4-2-1-3-5-11/h6-9,12H,1-5H2/t6-,7+,8-,9?/m1/s1. The van der Waals surface area contributed by atoms with E-state index in [1.54, 1.807) is 0 Å². The van der Waals surface area contributed by atoms with Gasteiger partial charge in [0.05, 0.1) is 0 Å². The quantitative estimate of drug-likeness (QED) is 0.521. The highest BCUT2D eigenvalue weighted by atomic mass is 16.8. The maximum absolute atomic E-state index is 11.5. The van der Waals surface area contributed by atoms with Crippen molar-refractivity contribution in [3.8, 4) is 0 Å². The van der Waals surface area contributed by atoms with Crippen molar-refractivity contribution < 1.29 is 29.2 Å². The molecule has 0 amide bonds. The molecule has 1 aliphatic carbocycles. The Kier molecular flexibility index (Phi) is 2.62. The number of hydrogen-bond acceptors (Lipinski definition) is 5. The van der Waals surface area contributed by atoms with Gasteiger partial charge in [-0.05, 0) is 12.8 Å². The molecule has 2 saturated heterocycles. The second-order valence-corrected chi connectivity index (χ2v) is 4.88. The highest BCUT2D eigenvalue weighted by Gasteiger charge is 2.60. The lowest BCUT2D eigenvalue weighted by molar-refractivity contribution is -0.240. The number of ether oxygens (including phenoxy) is 3. The number of rotatable bonds is 1. The maximum Gasteiger partial charge on any atom is 0.338 e. The molecule has 1 radical (unpaired) electrons. The van der Waals surface area contributed by atoms with Crippen LogP contribution in [0.25, 0.3) is 0 Å². The van der Waals surface area contributed by atoms with E-state index >= 15 is 0 Å². The van der Waals surface area contributed by atoms with Crippen LogP contribution < -0.4 is 0 Å². The molecule has 1 unspecified atom stereocenters. The fourth-order valence-electron chi connectivity index (χ4n) is 2.87. The van der Waals surface area contributed by atoms with Crippen LogP contribution in [0.4, 0.5) is 0 Å². The maximum atomic E-state index is 11.5. The predicted molar refractivity (Wildman–Crippen MR) is 52.1 cm³/mol. The Morgan fingerprint density at radius 1 is 1.24 bits per heavy atom. The highest BCUT2D eigenvalue weighted by Crippen LogP contribution is 2.44. The smallest absolute Gasteiger partial charge is 0.338 e. The number of carbonyl (C=O) groups excluding carboxylic acids is 1. The van der Waals surface area contributed by atoms with E-state index in [1.165, 1.54) is 0 Å². The Balaban J connectivity index is 1.79. The number of esters is 1. The summed E-state index contributed by atoms with van der Waals surface area (Å²) in [5.41, 5.74) is 0. The Bertz CT molecular complexity index is 322. The number of cyclic esters (lactones) is 1. The molecule has 6 nitrogen and oxygen atoms in total. The fourth-order valence-corrected chi connectivity index (χ4v) is 2.87.